The summed E-state index contributed by atoms with van der Waals surface area (Å²) in [6.45, 7) is 4.83. The highest BCUT2D eigenvalue weighted by Gasteiger charge is 2.11. The third kappa shape index (κ3) is 5.16. The lowest BCUT2D eigenvalue weighted by molar-refractivity contribution is 0.288. The van der Waals surface area contributed by atoms with E-state index < -0.39 is 0 Å². The number of benzene rings is 2. The Labute approximate surface area is 177 Å². The van der Waals surface area contributed by atoms with Gasteiger partial charge >= 0.3 is 0 Å². The van der Waals surface area contributed by atoms with E-state index in [-0.39, 0.29) is 0 Å². The molecule has 0 aliphatic carbocycles. The van der Waals surface area contributed by atoms with E-state index in [4.69, 9.17) is 32.7 Å². The zero-order chi connectivity index (χ0) is 19.9. The van der Waals surface area contributed by atoms with Gasteiger partial charge in [0.25, 0.3) is 0 Å². The molecule has 0 unspecified atom stereocenters. The van der Waals surface area contributed by atoms with Crippen LogP contribution in [-0.2, 0) is 0 Å². The molecule has 0 amide bonds. The number of anilines is 1. The summed E-state index contributed by atoms with van der Waals surface area (Å²) in [7, 11) is 0. The van der Waals surface area contributed by atoms with Crippen LogP contribution in [-0.4, -0.2) is 24.4 Å². The Hall–Kier alpha value is -2.28. The number of hydrazone groups is 1. The molecule has 3 rings (SSSR count). The van der Waals surface area contributed by atoms with Gasteiger partial charge < -0.3 is 9.47 Å². The maximum absolute atomic E-state index is 6.32. The summed E-state index contributed by atoms with van der Waals surface area (Å²) in [6.07, 6.45) is 1.66. The Morgan fingerprint density at radius 3 is 2.57 bits per heavy atom. The lowest BCUT2D eigenvalue weighted by Gasteiger charge is -2.13. The van der Waals surface area contributed by atoms with Crippen LogP contribution in [0.5, 0.6) is 11.5 Å². The van der Waals surface area contributed by atoms with Gasteiger partial charge in [0.05, 0.1) is 30.1 Å². The van der Waals surface area contributed by atoms with Gasteiger partial charge in [-0.1, -0.05) is 35.3 Å². The zero-order valence-corrected chi connectivity index (χ0v) is 17.7. The topological polar surface area (TPSA) is 55.7 Å². The Balaban J connectivity index is 1.71. The Kier molecular flexibility index (Phi) is 7.14. The van der Waals surface area contributed by atoms with Gasteiger partial charge in [-0.05, 0) is 43.7 Å². The molecular weight excluding hydrogens is 417 g/mol. The highest BCUT2D eigenvalue weighted by Crippen LogP contribution is 2.36. The molecule has 5 nitrogen and oxygen atoms in total. The molecule has 0 saturated heterocycles. The molecule has 0 atom stereocenters. The molecule has 1 aromatic heterocycles. The number of nitrogens with one attached hydrogen (secondary N) is 1. The fourth-order valence-electron chi connectivity index (χ4n) is 2.45. The molecule has 0 radical (unpaired) electrons. The Bertz CT molecular complexity index is 959. The first kappa shape index (κ1) is 20.5. The summed E-state index contributed by atoms with van der Waals surface area (Å²) in [6, 6.07) is 11.2. The minimum atomic E-state index is 0.480. The number of thiazole rings is 1. The molecule has 0 aliphatic rings. The zero-order valence-electron chi connectivity index (χ0n) is 15.4. The van der Waals surface area contributed by atoms with Crippen molar-refractivity contribution in [3.63, 3.8) is 0 Å². The molecule has 0 spiro atoms. The van der Waals surface area contributed by atoms with E-state index in [1.165, 1.54) is 11.3 Å². The lowest BCUT2D eigenvalue weighted by atomic mass is 10.2. The van der Waals surface area contributed by atoms with E-state index in [9.17, 15) is 0 Å². The average Bonchev–Trinajstić information content (AvgIpc) is 3.14. The maximum Gasteiger partial charge on any atom is 0.203 e. The van der Waals surface area contributed by atoms with Gasteiger partial charge in [-0.25, -0.2) is 4.98 Å². The molecular formula is C20H19Cl2N3O2S. The third-order valence-electron chi connectivity index (χ3n) is 3.64. The van der Waals surface area contributed by atoms with Crippen LogP contribution >= 0.6 is 34.5 Å². The minimum Gasteiger partial charge on any atom is -0.490 e. The molecule has 146 valence electrons. The van der Waals surface area contributed by atoms with Crippen LogP contribution in [0.25, 0.3) is 11.3 Å². The van der Waals surface area contributed by atoms with Gasteiger partial charge in [0, 0.05) is 16.0 Å². The molecule has 0 saturated carbocycles. The normalized spacial score (nSPS) is 11.0. The number of halogens is 2. The molecule has 0 bridgehead atoms. The predicted octanol–water partition coefficient (Wildman–Crippen LogP) is 6.36. The SMILES string of the molecule is CCOc1cc(/C=N\Nc2nc(-c3ccc(Cl)cc3)cs2)cc(Cl)c1OCC. The van der Waals surface area contributed by atoms with Crippen LogP contribution in [0.15, 0.2) is 46.9 Å². The monoisotopic (exact) mass is 435 g/mol. The van der Waals surface area contributed by atoms with E-state index in [0.717, 1.165) is 16.8 Å². The van der Waals surface area contributed by atoms with E-state index >= 15 is 0 Å². The van der Waals surface area contributed by atoms with Crippen LogP contribution in [0.1, 0.15) is 19.4 Å². The van der Waals surface area contributed by atoms with Crippen LogP contribution in [0.2, 0.25) is 10.0 Å². The van der Waals surface area contributed by atoms with Crippen molar-refractivity contribution in [3.05, 3.63) is 57.4 Å². The highest BCUT2D eigenvalue weighted by molar-refractivity contribution is 7.14. The number of hydrogen-bond donors (Lipinski definition) is 1. The molecule has 8 heteroatoms. The second-order valence-electron chi connectivity index (χ2n) is 5.61. The minimum absolute atomic E-state index is 0.480. The second kappa shape index (κ2) is 9.78. The van der Waals surface area contributed by atoms with Crippen molar-refractivity contribution < 1.29 is 9.47 Å². The van der Waals surface area contributed by atoms with Gasteiger partial charge in [-0.3, -0.25) is 5.43 Å². The molecule has 3 aromatic rings. The van der Waals surface area contributed by atoms with E-state index in [0.29, 0.717) is 39.9 Å². The van der Waals surface area contributed by atoms with Gasteiger partial charge in [-0.15, -0.1) is 11.3 Å². The molecule has 1 N–H and O–H groups in total. The van der Waals surface area contributed by atoms with Crippen molar-refractivity contribution in [3.8, 4) is 22.8 Å². The van der Waals surface area contributed by atoms with Gasteiger partial charge in [0.1, 0.15) is 0 Å². The Morgan fingerprint density at radius 2 is 1.86 bits per heavy atom. The summed E-state index contributed by atoms with van der Waals surface area (Å²) in [5.74, 6) is 1.14. The van der Waals surface area contributed by atoms with Crippen molar-refractivity contribution in [2.45, 2.75) is 13.8 Å². The number of nitrogens with zero attached hydrogens (tertiary/aromatic N) is 2. The number of hydrogen-bond acceptors (Lipinski definition) is 6. The van der Waals surface area contributed by atoms with E-state index in [1.54, 1.807) is 12.3 Å². The first-order valence-electron chi connectivity index (χ1n) is 8.70. The smallest absolute Gasteiger partial charge is 0.203 e. The van der Waals surface area contributed by atoms with Gasteiger partial charge in [0.2, 0.25) is 5.13 Å². The summed E-state index contributed by atoms with van der Waals surface area (Å²) in [5, 5.41) is 8.07. The molecule has 28 heavy (non-hydrogen) atoms. The summed E-state index contributed by atoms with van der Waals surface area (Å²) >= 11 is 13.7. The van der Waals surface area contributed by atoms with Crippen molar-refractivity contribution in [2.75, 3.05) is 18.6 Å². The van der Waals surface area contributed by atoms with Crippen molar-refractivity contribution >= 4 is 45.9 Å². The fraction of sp³-hybridized carbons (Fsp3) is 0.200. The number of ether oxygens (including phenoxy) is 2. The third-order valence-corrected chi connectivity index (χ3v) is 4.92. The molecule has 2 aromatic carbocycles. The van der Waals surface area contributed by atoms with E-state index in [2.05, 4.69) is 15.5 Å². The fourth-order valence-corrected chi connectivity index (χ4v) is 3.52. The van der Waals surface area contributed by atoms with Crippen molar-refractivity contribution in [1.82, 2.24) is 4.98 Å². The standard InChI is InChI=1S/C20H19Cl2N3O2S/c1-3-26-18-10-13(9-16(22)19(18)27-4-2)11-23-25-20-24-17(12-28-20)14-5-7-15(21)8-6-14/h5-12H,3-4H2,1-2H3,(H,24,25)/b23-11-. The maximum atomic E-state index is 6.32. The number of rotatable bonds is 8. The summed E-state index contributed by atoms with van der Waals surface area (Å²) < 4.78 is 11.2. The number of aromatic nitrogens is 1. The van der Waals surface area contributed by atoms with Gasteiger partial charge in [0.15, 0.2) is 11.5 Å². The molecule has 0 fully saturated rings. The van der Waals surface area contributed by atoms with E-state index in [1.807, 2.05) is 49.6 Å². The van der Waals surface area contributed by atoms with Crippen LogP contribution in [0.4, 0.5) is 5.13 Å². The second-order valence-corrected chi connectivity index (χ2v) is 7.31. The average molecular weight is 436 g/mol. The van der Waals surface area contributed by atoms with Crippen molar-refractivity contribution in [1.29, 1.82) is 0 Å². The van der Waals surface area contributed by atoms with Crippen LogP contribution in [0, 0.1) is 0 Å². The highest BCUT2D eigenvalue weighted by atomic mass is 35.5. The summed E-state index contributed by atoms with van der Waals surface area (Å²) in [4.78, 5) is 4.52. The van der Waals surface area contributed by atoms with Crippen molar-refractivity contribution in [2.24, 2.45) is 5.10 Å². The van der Waals surface area contributed by atoms with Gasteiger partial charge in [-0.2, -0.15) is 5.10 Å². The summed E-state index contributed by atoms with van der Waals surface area (Å²) in [5.41, 5.74) is 5.59. The Morgan fingerprint density at radius 1 is 1.11 bits per heavy atom. The van der Waals surface area contributed by atoms with Crippen LogP contribution in [0.3, 0.4) is 0 Å². The largest absolute Gasteiger partial charge is 0.490 e. The molecule has 0 aliphatic heterocycles. The van der Waals surface area contributed by atoms with Crippen LogP contribution < -0.4 is 14.9 Å². The molecule has 1 heterocycles. The quantitative estimate of drug-likeness (QED) is 0.330. The predicted molar refractivity (Wildman–Crippen MR) is 118 cm³/mol. The first-order chi connectivity index (χ1) is 13.6. The lowest BCUT2D eigenvalue weighted by Crippen LogP contribution is -2.00. The first-order valence-corrected chi connectivity index (χ1v) is 10.3.